The molecule has 2 heterocycles. The zero-order valence-corrected chi connectivity index (χ0v) is 19.0. The van der Waals surface area contributed by atoms with Crippen LogP contribution in [0.25, 0.3) is 10.2 Å². The highest BCUT2D eigenvalue weighted by atomic mass is 32.1. The Morgan fingerprint density at radius 3 is 2.80 bits per heavy atom. The van der Waals surface area contributed by atoms with Gasteiger partial charge in [0, 0.05) is 24.4 Å². The van der Waals surface area contributed by atoms with Crippen LogP contribution in [0, 0.1) is 5.92 Å². The number of rotatable bonds is 10. The standard InChI is InChI=1S/C22H33N3O4S/c1-4-7-19(27)29-13-15(26)11-25(10-14(2)3)12-18-23-21(28)20-16-8-5-6-9-17(16)30-22(20)24-18/h14-15,26H,4-13H2,1-3H3,(H,23,24,28)/t15-/m1/s1. The van der Waals surface area contributed by atoms with Gasteiger partial charge < -0.3 is 14.8 Å². The minimum Gasteiger partial charge on any atom is -0.463 e. The Morgan fingerprint density at radius 1 is 1.30 bits per heavy atom. The average Bonchev–Trinajstić information content (AvgIpc) is 3.04. The highest BCUT2D eigenvalue weighted by molar-refractivity contribution is 7.18. The highest BCUT2D eigenvalue weighted by Gasteiger charge is 2.21. The topological polar surface area (TPSA) is 95.5 Å². The Hall–Kier alpha value is -1.77. The summed E-state index contributed by atoms with van der Waals surface area (Å²) in [5.74, 6) is 0.705. The molecule has 2 N–H and O–H groups in total. The molecule has 0 unspecified atom stereocenters. The lowest BCUT2D eigenvalue weighted by Gasteiger charge is -2.26. The average molecular weight is 436 g/mol. The monoisotopic (exact) mass is 435 g/mol. The van der Waals surface area contributed by atoms with E-state index in [-0.39, 0.29) is 18.1 Å². The van der Waals surface area contributed by atoms with Crippen molar-refractivity contribution in [1.29, 1.82) is 0 Å². The molecular weight excluding hydrogens is 402 g/mol. The fraction of sp³-hybridized carbons (Fsp3) is 0.682. The fourth-order valence-electron chi connectivity index (χ4n) is 4.03. The molecule has 0 fully saturated rings. The molecule has 7 nitrogen and oxygen atoms in total. The largest absolute Gasteiger partial charge is 0.463 e. The van der Waals surface area contributed by atoms with E-state index < -0.39 is 6.10 Å². The number of thiophene rings is 1. The van der Waals surface area contributed by atoms with Gasteiger partial charge in [0.05, 0.1) is 11.9 Å². The Labute approximate surface area is 181 Å². The summed E-state index contributed by atoms with van der Waals surface area (Å²) in [6, 6.07) is 0. The maximum Gasteiger partial charge on any atom is 0.305 e. The molecule has 1 aliphatic carbocycles. The van der Waals surface area contributed by atoms with Crippen molar-refractivity contribution < 1.29 is 14.6 Å². The number of aliphatic hydroxyl groups is 1. The summed E-state index contributed by atoms with van der Waals surface area (Å²) in [5.41, 5.74) is 1.12. The Bertz CT molecular complexity index is 921. The fourth-order valence-corrected chi connectivity index (χ4v) is 5.31. The quantitative estimate of drug-likeness (QED) is 0.557. The summed E-state index contributed by atoms with van der Waals surface area (Å²) in [6.45, 7) is 7.63. The van der Waals surface area contributed by atoms with Gasteiger partial charge in [0.15, 0.2) is 0 Å². The van der Waals surface area contributed by atoms with Gasteiger partial charge in [-0.1, -0.05) is 20.8 Å². The summed E-state index contributed by atoms with van der Waals surface area (Å²) in [4.78, 5) is 36.2. The number of aliphatic hydroxyl groups excluding tert-OH is 1. The van der Waals surface area contributed by atoms with E-state index >= 15 is 0 Å². The number of aromatic amines is 1. The van der Waals surface area contributed by atoms with E-state index in [0.717, 1.165) is 42.4 Å². The maximum atomic E-state index is 12.8. The highest BCUT2D eigenvalue weighted by Crippen LogP contribution is 2.33. The summed E-state index contributed by atoms with van der Waals surface area (Å²) < 4.78 is 5.14. The second-order valence-electron chi connectivity index (χ2n) is 8.58. The zero-order chi connectivity index (χ0) is 21.7. The SMILES string of the molecule is CCCC(=O)OC[C@H](O)CN(Cc1nc2sc3c(c2c(=O)[nH]1)CCCC3)CC(C)C. The molecule has 30 heavy (non-hydrogen) atoms. The van der Waals surface area contributed by atoms with Crippen molar-refractivity contribution in [2.75, 3.05) is 19.7 Å². The van der Waals surface area contributed by atoms with Crippen LogP contribution in [0.5, 0.6) is 0 Å². The maximum absolute atomic E-state index is 12.8. The second-order valence-corrected chi connectivity index (χ2v) is 9.66. The minimum atomic E-state index is -0.783. The lowest BCUT2D eigenvalue weighted by atomic mass is 9.97. The lowest BCUT2D eigenvalue weighted by molar-refractivity contribution is -0.147. The molecular formula is C22H33N3O4S. The molecule has 0 amide bonds. The van der Waals surface area contributed by atoms with Gasteiger partial charge in [-0.2, -0.15) is 0 Å². The number of nitrogens with one attached hydrogen (secondary N) is 1. The normalized spacial score (nSPS) is 15.0. The van der Waals surface area contributed by atoms with E-state index in [1.165, 1.54) is 16.9 Å². The minimum absolute atomic E-state index is 0.0198. The molecule has 2 aromatic rings. The van der Waals surface area contributed by atoms with E-state index in [1.807, 2.05) is 6.92 Å². The molecule has 0 bridgehead atoms. The van der Waals surface area contributed by atoms with Gasteiger partial charge in [0.2, 0.25) is 0 Å². The Balaban J connectivity index is 1.72. The molecule has 8 heteroatoms. The summed E-state index contributed by atoms with van der Waals surface area (Å²) in [5, 5.41) is 11.1. The van der Waals surface area contributed by atoms with Crippen LogP contribution in [0.15, 0.2) is 4.79 Å². The first-order valence-corrected chi connectivity index (χ1v) is 11.8. The molecule has 0 saturated heterocycles. The molecule has 0 spiro atoms. The van der Waals surface area contributed by atoms with Crippen molar-refractivity contribution in [3.63, 3.8) is 0 Å². The number of carbonyl (C=O) groups excluding carboxylic acids is 1. The van der Waals surface area contributed by atoms with Crippen LogP contribution in [0.4, 0.5) is 0 Å². The third kappa shape index (κ3) is 5.89. The second kappa shape index (κ2) is 10.5. The molecule has 3 rings (SSSR count). The summed E-state index contributed by atoms with van der Waals surface area (Å²) >= 11 is 1.64. The van der Waals surface area contributed by atoms with Crippen molar-refractivity contribution >= 4 is 27.5 Å². The van der Waals surface area contributed by atoms with Crippen molar-refractivity contribution in [3.05, 3.63) is 26.6 Å². The van der Waals surface area contributed by atoms with E-state index in [2.05, 4.69) is 23.7 Å². The third-order valence-corrected chi connectivity index (χ3v) is 6.42. The molecule has 0 aromatic carbocycles. The van der Waals surface area contributed by atoms with Crippen molar-refractivity contribution in [1.82, 2.24) is 14.9 Å². The van der Waals surface area contributed by atoms with Crippen molar-refractivity contribution in [2.45, 2.75) is 71.9 Å². The van der Waals surface area contributed by atoms with Crippen LogP contribution >= 0.6 is 11.3 Å². The van der Waals surface area contributed by atoms with E-state index in [4.69, 9.17) is 9.72 Å². The number of H-pyrrole nitrogens is 1. The number of hydrogen-bond donors (Lipinski definition) is 2. The molecule has 166 valence electrons. The van der Waals surface area contributed by atoms with E-state index in [0.29, 0.717) is 31.3 Å². The van der Waals surface area contributed by atoms with Crippen LogP contribution < -0.4 is 5.56 Å². The Morgan fingerprint density at radius 2 is 2.07 bits per heavy atom. The summed E-state index contributed by atoms with van der Waals surface area (Å²) in [6.07, 6.45) is 4.60. The number of nitrogens with zero attached hydrogens (tertiary/aromatic N) is 2. The number of esters is 1. The number of aromatic nitrogens is 2. The van der Waals surface area contributed by atoms with Crippen molar-refractivity contribution in [3.8, 4) is 0 Å². The summed E-state index contributed by atoms with van der Waals surface area (Å²) in [7, 11) is 0. The third-order valence-electron chi connectivity index (χ3n) is 5.23. The molecule has 0 aliphatic heterocycles. The first kappa shape index (κ1) is 22.9. The number of ether oxygens (including phenoxy) is 1. The van der Waals surface area contributed by atoms with Gasteiger partial charge in [0.25, 0.3) is 5.56 Å². The van der Waals surface area contributed by atoms with Gasteiger partial charge in [-0.3, -0.25) is 14.5 Å². The predicted octanol–water partition coefficient (Wildman–Crippen LogP) is 3.03. The van der Waals surface area contributed by atoms with Crippen LogP contribution in [0.2, 0.25) is 0 Å². The Kier molecular flexibility index (Phi) is 8.02. The van der Waals surface area contributed by atoms with Crippen LogP contribution in [-0.4, -0.2) is 51.7 Å². The number of fused-ring (bicyclic) bond motifs is 3. The molecule has 0 saturated carbocycles. The van der Waals surface area contributed by atoms with Crippen LogP contribution in [0.3, 0.4) is 0 Å². The van der Waals surface area contributed by atoms with Gasteiger partial charge in [-0.25, -0.2) is 4.98 Å². The molecule has 1 aliphatic rings. The van der Waals surface area contributed by atoms with Crippen LogP contribution in [0.1, 0.15) is 62.7 Å². The lowest BCUT2D eigenvalue weighted by Crippen LogP contribution is -2.38. The van der Waals surface area contributed by atoms with Gasteiger partial charge >= 0.3 is 5.97 Å². The first-order valence-electron chi connectivity index (χ1n) is 11.0. The van der Waals surface area contributed by atoms with E-state index in [9.17, 15) is 14.7 Å². The van der Waals surface area contributed by atoms with Crippen LogP contribution in [-0.2, 0) is 28.9 Å². The number of hydrogen-bond acceptors (Lipinski definition) is 7. The molecule has 0 radical (unpaired) electrons. The zero-order valence-electron chi connectivity index (χ0n) is 18.2. The van der Waals surface area contributed by atoms with Gasteiger partial charge in [-0.15, -0.1) is 11.3 Å². The first-order chi connectivity index (χ1) is 14.4. The number of carbonyl (C=O) groups is 1. The smallest absolute Gasteiger partial charge is 0.305 e. The van der Waals surface area contributed by atoms with Gasteiger partial charge in [-0.05, 0) is 43.6 Å². The van der Waals surface area contributed by atoms with Gasteiger partial charge in [0.1, 0.15) is 23.4 Å². The molecule has 2 aromatic heterocycles. The predicted molar refractivity (Wildman–Crippen MR) is 119 cm³/mol. The number of aryl methyl sites for hydroxylation is 2. The van der Waals surface area contributed by atoms with Crippen molar-refractivity contribution in [2.24, 2.45) is 5.92 Å². The van der Waals surface area contributed by atoms with E-state index in [1.54, 1.807) is 11.3 Å². The molecule has 1 atom stereocenters.